The van der Waals surface area contributed by atoms with Crippen LogP contribution in [-0.2, 0) is 42.1 Å². The third-order valence-corrected chi connectivity index (χ3v) is 4.99. The van der Waals surface area contributed by atoms with Crippen molar-refractivity contribution in [1.82, 2.24) is 0 Å². The molecule has 2 aromatic carbocycles. The SMILES string of the molecule is C[C-]=O.Nc1ccc(C(=O)O)c(S(=O)(=O)O)c1.O.O=C(O)c1ccc([N+](=O)[O-])cc1S(=O)(=O)O.[Fe]. The van der Waals surface area contributed by atoms with Crippen molar-refractivity contribution in [2.75, 3.05) is 5.73 Å². The van der Waals surface area contributed by atoms with Gasteiger partial charge >= 0.3 is 11.9 Å². The summed E-state index contributed by atoms with van der Waals surface area (Å²) in [7, 11) is -9.38. The number of nitrogen functional groups attached to an aromatic ring is 1. The van der Waals surface area contributed by atoms with Crippen molar-refractivity contribution < 1.29 is 78.0 Å². The number of carbonyl (C=O) groups excluding carboxylic acids is 1. The summed E-state index contributed by atoms with van der Waals surface area (Å²) in [4.78, 5) is 37.6. The van der Waals surface area contributed by atoms with Crippen LogP contribution in [0.2, 0.25) is 0 Å². The average Bonchev–Trinajstić information content (AvgIpc) is 2.67. The van der Waals surface area contributed by atoms with Crippen molar-refractivity contribution in [3.63, 3.8) is 0 Å². The van der Waals surface area contributed by atoms with E-state index >= 15 is 0 Å². The maximum absolute atomic E-state index is 10.8. The first-order valence-electron chi connectivity index (χ1n) is 7.85. The van der Waals surface area contributed by atoms with Gasteiger partial charge in [-0.2, -0.15) is 23.8 Å². The first kappa shape index (κ1) is 36.1. The van der Waals surface area contributed by atoms with E-state index in [1.54, 1.807) is 0 Å². The Kier molecular flexibility index (Phi) is 15.2. The molecule has 0 saturated heterocycles. The van der Waals surface area contributed by atoms with E-state index in [-0.39, 0.29) is 28.2 Å². The fourth-order valence-corrected chi connectivity index (χ4v) is 3.36. The second-order valence-corrected chi connectivity index (χ2v) is 8.24. The van der Waals surface area contributed by atoms with E-state index < -0.39 is 63.7 Å². The van der Waals surface area contributed by atoms with Gasteiger partial charge in [-0.25, -0.2) is 9.59 Å². The van der Waals surface area contributed by atoms with Gasteiger partial charge < -0.3 is 26.2 Å². The Balaban J connectivity index is -0.000000503. The molecular weight excluding hydrogens is 564 g/mol. The smallest absolute Gasteiger partial charge is 0.337 e. The maximum Gasteiger partial charge on any atom is 0.337 e. The van der Waals surface area contributed by atoms with Crippen LogP contribution in [0.5, 0.6) is 0 Å². The van der Waals surface area contributed by atoms with Crippen LogP contribution in [-0.4, -0.2) is 64.8 Å². The predicted octanol–water partition coefficient (Wildman–Crippen LogP) is 0.0422. The van der Waals surface area contributed by atoms with Gasteiger partial charge in [0.2, 0.25) is 0 Å². The van der Waals surface area contributed by atoms with E-state index in [0.717, 1.165) is 24.3 Å². The molecular formula is C16H17FeN2O14S2-. The zero-order valence-electron chi connectivity index (χ0n) is 17.1. The molecule has 2 aromatic rings. The zero-order valence-corrected chi connectivity index (χ0v) is 19.9. The summed E-state index contributed by atoms with van der Waals surface area (Å²) in [6.07, 6.45) is 1.50. The molecule has 0 aliphatic heterocycles. The van der Waals surface area contributed by atoms with Gasteiger partial charge in [0.25, 0.3) is 25.9 Å². The predicted molar refractivity (Wildman–Crippen MR) is 112 cm³/mol. The van der Waals surface area contributed by atoms with Crippen LogP contribution in [0.25, 0.3) is 0 Å². The molecule has 8 N–H and O–H groups in total. The molecule has 0 radical (unpaired) electrons. The summed E-state index contributed by atoms with van der Waals surface area (Å²) in [6, 6.07) is 5.19. The summed E-state index contributed by atoms with van der Waals surface area (Å²) < 4.78 is 60.5. The van der Waals surface area contributed by atoms with Gasteiger partial charge in [-0.05, 0) is 24.3 Å². The number of nitrogens with two attached hydrogens (primary N) is 1. The number of rotatable bonds is 5. The minimum atomic E-state index is -4.82. The minimum Gasteiger partial charge on any atom is -0.542 e. The number of nitro benzene ring substituents is 1. The molecule has 0 unspecified atom stereocenters. The quantitative estimate of drug-likeness (QED) is 0.0778. The van der Waals surface area contributed by atoms with Gasteiger partial charge in [0, 0.05) is 34.9 Å². The van der Waals surface area contributed by atoms with Crippen molar-refractivity contribution in [1.29, 1.82) is 0 Å². The molecule has 0 aliphatic rings. The van der Waals surface area contributed by atoms with E-state index in [0.29, 0.717) is 6.07 Å². The first-order chi connectivity index (χ1) is 15.0. The van der Waals surface area contributed by atoms with Crippen LogP contribution in [0.1, 0.15) is 27.6 Å². The van der Waals surface area contributed by atoms with E-state index in [1.807, 2.05) is 0 Å². The number of carboxylic acid groups (broad SMARTS) is 2. The van der Waals surface area contributed by atoms with Crippen molar-refractivity contribution in [2.45, 2.75) is 16.7 Å². The molecule has 0 aliphatic carbocycles. The topological polar surface area (TPSA) is 301 Å². The number of carbonyl (C=O) groups is 2. The third-order valence-electron chi connectivity index (χ3n) is 3.20. The largest absolute Gasteiger partial charge is 0.542 e. The second kappa shape index (κ2) is 14.7. The number of nitrogens with zero attached hydrogens (tertiary/aromatic N) is 1. The molecule has 196 valence electrons. The standard InChI is InChI=1S/C7H5NO7S.C7H7NO5S.C2H3O.Fe.H2O/c9-7(10)5-2-1-4(8(11)12)3-6(5)16(13,14)15;8-4-1-2-5(7(9)10)6(3-4)14(11,12)13;1-2-3;;/h1-3H,(H,9,10)(H,13,14,15);1-3H,8H2,(H,9,10)(H,11,12,13);1H3;;1H2/q;;-1;;. The average molecular weight is 581 g/mol. The Morgan fingerprint density at radius 1 is 0.914 bits per heavy atom. The number of nitro groups is 1. The molecule has 0 atom stereocenters. The Morgan fingerprint density at radius 3 is 1.57 bits per heavy atom. The number of hydrogen-bond donors (Lipinski definition) is 5. The summed E-state index contributed by atoms with van der Waals surface area (Å²) in [6.45, 7) is 1.32. The van der Waals surface area contributed by atoms with Crippen molar-refractivity contribution in [2.24, 2.45) is 0 Å². The molecule has 0 fully saturated rings. The number of benzene rings is 2. The Morgan fingerprint density at radius 2 is 1.26 bits per heavy atom. The summed E-state index contributed by atoms with van der Waals surface area (Å²) >= 11 is 0. The van der Waals surface area contributed by atoms with Crippen LogP contribution in [0.15, 0.2) is 46.2 Å². The van der Waals surface area contributed by atoms with E-state index in [2.05, 4.69) is 0 Å². The van der Waals surface area contributed by atoms with E-state index in [9.17, 15) is 36.5 Å². The summed E-state index contributed by atoms with van der Waals surface area (Å²) in [5, 5.41) is 27.6. The number of anilines is 1. The van der Waals surface area contributed by atoms with Crippen LogP contribution in [0, 0.1) is 10.1 Å². The van der Waals surface area contributed by atoms with Gasteiger partial charge in [-0.15, -0.1) is 0 Å². The van der Waals surface area contributed by atoms with Crippen LogP contribution in [0.4, 0.5) is 11.4 Å². The molecule has 16 nitrogen and oxygen atoms in total. The fourth-order valence-electron chi connectivity index (χ4n) is 1.94. The molecule has 0 bridgehead atoms. The van der Waals surface area contributed by atoms with Gasteiger partial charge in [-0.1, -0.05) is 0 Å². The molecule has 35 heavy (non-hydrogen) atoms. The van der Waals surface area contributed by atoms with Crippen LogP contribution >= 0.6 is 0 Å². The molecule has 0 spiro atoms. The summed E-state index contributed by atoms with van der Waals surface area (Å²) in [5.41, 5.74) is 3.45. The molecule has 0 aromatic heterocycles. The molecule has 0 heterocycles. The Bertz CT molecular complexity index is 1290. The van der Waals surface area contributed by atoms with Crippen molar-refractivity contribution in [3.8, 4) is 0 Å². The van der Waals surface area contributed by atoms with E-state index in [1.165, 1.54) is 19.3 Å². The van der Waals surface area contributed by atoms with Crippen LogP contribution in [0.3, 0.4) is 0 Å². The molecule has 0 amide bonds. The fraction of sp³-hybridized carbons (Fsp3) is 0.0625. The first-order valence-corrected chi connectivity index (χ1v) is 10.7. The molecule has 19 heteroatoms. The Hall–Kier alpha value is -3.45. The third kappa shape index (κ3) is 11.5. The minimum absolute atomic E-state index is 0. The van der Waals surface area contributed by atoms with Crippen LogP contribution < -0.4 is 5.73 Å². The second-order valence-electron chi connectivity index (χ2n) is 5.46. The number of aromatic carboxylic acids is 2. The van der Waals surface area contributed by atoms with Gasteiger partial charge in [-0.3, -0.25) is 25.5 Å². The maximum atomic E-state index is 10.8. The summed E-state index contributed by atoms with van der Waals surface area (Å²) in [5.74, 6) is -3.06. The molecule has 0 saturated carbocycles. The Labute approximate surface area is 207 Å². The zero-order chi connectivity index (χ0) is 26.1. The number of non-ortho nitro benzene ring substituents is 1. The monoisotopic (exact) mass is 581 g/mol. The van der Waals surface area contributed by atoms with Gasteiger partial charge in [0.1, 0.15) is 9.79 Å². The molecule has 2 rings (SSSR count). The van der Waals surface area contributed by atoms with Crippen molar-refractivity contribution in [3.05, 3.63) is 57.6 Å². The van der Waals surface area contributed by atoms with Gasteiger partial charge in [0.15, 0.2) is 0 Å². The number of hydrogen-bond acceptors (Lipinski definition) is 10. The number of carboxylic acids is 2. The van der Waals surface area contributed by atoms with Gasteiger partial charge in [0.05, 0.1) is 16.1 Å². The normalized spacial score (nSPS) is 9.91. The van der Waals surface area contributed by atoms with Crippen molar-refractivity contribution >= 4 is 49.8 Å². The van der Waals surface area contributed by atoms with E-state index in [4.69, 9.17) is 29.8 Å².